The maximum Gasteiger partial charge on any atom is 0.243 e. The van der Waals surface area contributed by atoms with E-state index in [2.05, 4.69) is 4.72 Å². The van der Waals surface area contributed by atoms with Crippen molar-refractivity contribution in [3.8, 4) is 0 Å². The highest BCUT2D eigenvalue weighted by atomic mass is 32.2. The number of rotatable bonds is 4. The van der Waals surface area contributed by atoms with E-state index in [0.717, 1.165) is 12.0 Å². The van der Waals surface area contributed by atoms with E-state index in [1.54, 1.807) is 13.0 Å². The third kappa shape index (κ3) is 2.97. The number of ether oxygens (including phenoxy) is 1. The number of nitrogens with one attached hydrogen (secondary N) is 1. The van der Waals surface area contributed by atoms with Crippen LogP contribution in [0.15, 0.2) is 17.0 Å². The third-order valence-corrected chi connectivity index (χ3v) is 5.65. The van der Waals surface area contributed by atoms with Gasteiger partial charge in [-0.05, 0) is 38.3 Å². The van der Waals surface area contributed by atoms with Crippen molar-refractivity contribution in [3.05, 3.63) is 23.3 Å². The van der Waals surface area contributed by atoms with Gasteiger partial charge in [-0.3, -0.25) is 0 Å². The molecule has 0 aliphatic carbocycles. The van der Waals surface area contributed by atoms with E-state index in [-0.39, 0.29) is 16.9 Å². The molecule has 112 valence electrons. The first-order valence-electron chi connectivity index (χ1n) is 6.78. The standard InChI is InChI=1S/C14H22N2O3S/c1-9-4-5-10(2)14(13(9)15)20(17,18)16-11(3)12-6-7-19-8-12/h4-5,11-12,16H,6-8,15H2,1-3H3. The Hall–Kier alpha value is -1.11. The molecule has 0 radical (unpaired) electrons. The molecule has 1 heterocycles. The second-order valence-corrected chi connectivity index (χ2v) is 7.13. The number of nitrogens with two attached hydrogens (primary N) is 1. The van der Waals surface area contributed by atoms with Crippen LogP contribution in [0.25, 0.3) is 0 Å². The topological polar surface area (TPSA) is 81.4 Å². The number of aryl methyl sites for hydroxylation is 2. The van der Waals surface area contributed by atoms with E-state index in [9.17, 15) is 8.42 Å². The second kappa shape index (κ2) is 5.71. The quantitative estimate of drug-likeness (QED) is 0.827. The van der Waals surface area contributed by atoms with Gasteiger partial charge in [-0.1, -0.05) is 12.1 Å². The lowest BCUT2D eigenvalue weighted by molar-refractivity contribution is 0.180. The Morgan fingerprint density at radius 2 is 2.00 bits per heavy atom. The number of hydrogen-bond donors (Lipinski definition) is 2. The van der Waals surface area contributed by atoms with E-state index in [1.165, 1.54) is 0 Å². The Balaban J connectivity index is 2.29. The number of sulfonamides is 1. The highest BCUT2D eigenvalue weighted by molar-refractivity contribution is 7.89. The fraction of sp³-hybridized carbons (Fsp3) is 0.571. The van der Waals surface area contributed by atoms with Gasteiger partial charge in [0.2, 0.25) is 10.0 Å². The summed E-state index contributed by atoms with van der Waals surface area (Å²) in [6, 6.07) is 3.45. The Kier molecular flexibility index (Phi) is 4.36. The molecule has 2 atom stereocenters. The minimum Gasteiger partial charge on any atom is -0.397 e. The average Bonchev–Trinajstić information content (AvgIpc) is 2.87. The molecule has 3 N–H and O–H groups in total. The van der Waals surface area contributed by atoms with Gasteiger partial charge in [0.25, 0.3) is 0 Å². The van der Waals surface area contributed by atoms with Gasteiger partial charge >= 0.3 is 0 Å². The van der Waals surface area contributed by atoms with Gasteiger partial charge in [-0.25, -0.2) is 13.1 Å². The van der Waals surface area contributed by atoms with Crippen molar-refractivity contribution in [2.75, 3.05) is 18.9 Å². The van der Waals surface area contributed by atoms with Crippen LogP contribution in [0, 0.1) is 19.8 Å². The summed E-state index contributed by atoms with van der Waals surface area (Å²) in [6.45, 7) is 6.74. The summed E-state index contributed by atoms with van der Waals surface area (Å²) in [5.74, 6) is 0.219. The monoisotopic (exact) mass is 298 g/mol. The molecule has 0 saturated carbocycles. The van der Waals surface area contributed by atoms with Gasteiger partial charge in [0.15, 0.2) is 0 Å². The number of benzene rings is 1. The molecule has 0 bridgehead atoms. The second-order valence-electron chi connectivity index (χ2n) is 5.48. The summed E-state index contributed by atoms with van der Waals surface area (Å²) >= 11 is 0. The number of anilines is 1. The molecule has 1 aliphatic heterocycles. The molecular weight excluding hydrogens is 276 g/mol. The molecule has 0 aromatic heterocycles. The SMILES string of the molecule is Cc1ccc(C)c(S(=O)(=O)NC(C)C2CCOC2)c1N. The lowest BCUT2D eigenvalue weighted by Gasteiger charge is -2.21. The van der Waals surface area contributed by atoms with Gasteiger partial charge in [0.1, 0.15) is 4.90 Å². The van der Waals surface area contributed by atoms with Crippen LogP contribution in [0.1, 0.15) is 24.5 Å². The Morgan fingerprint density at radius 3 is 2.60 bits per heavy atom. The number of nitrogen functional groups attached to an aromatic ring is 1. The van der Waals surface area contributed by atoms with Crippen molar-refractivity contribution in [2.24, 2.45) is 5.92 Å². The van der Waals surface area contributed by atoms with Crippen molar-refractivity contribution >= 4 is 15.7 Å². The Labute approximate surface area is 120 Å². The molecule has 5 nitrogen and oxygen atoms in total. The smallest absolute Gasteiger partial charge is 0.243 e. The molecule has 0 amide bonds. The molecule has 1 aromatic rings. The van der Waals surface area contributed by atoms with E-state index < -0.39 is 10.0 Å². The lowest BCUT2D eigenvalue weighted by atomic mass is 10.0. The molecule has 1 aromatic carbocycles. The van der Waals surface area contributed by atoms with Crippen molar-refractivity contribution in [1.29, 1.82) is 0 Å². The molecule has 1 saturated heterocycles. The molecule has 2 rings (SSSR count). The summed E-state index contributed by atoms with van der Waals surface area (Å²) in [7, 11) is -3.61. The summed E-state index contributed by atoms with van der Waals surface area (Å²) in [5, 5.41) is 0. The minimum atomic E-state index is -3.61. The molecule has 1 fully saturated rings. The molecule has 2 unspecified atom stereocenters. The van der Waals surface area contributed by atoms with Crippen LogP contribution >= 0.6 is 0 Å². The van der Waals surface area contributed by atoms with Gasteiger partial charge in [0, 0.05) is 18.6 Å². The molecule has 20 heavy (non-hydrogen) atoms. The van der Waals surface area contributed by atoms with Crippen molar-refractivity contribution < 1.29 is 13.2 Å². The van der Waals surface area contributed by atoms with E-state index >= 15 is 0 Å². The van der Waals surface area contributed by atoms with Crippen molar-refractivity contribution in [2.45, 2.75) is 38.1 Å². The molecule has 1 aliphatic rings. The zero-order chi connectivity index (χ0) is 14.9. The Morgan fingerprint density at radius 1 is 1.35 bits per heavy atom. The fourth-order valence-corrected chi connectivity index (χ4v) is 4.25. The highest BCUT2D eigenvalue weighted by Crippen LogP contribution is 2.27. The number of hydrogen-bond acceptors (Lipinski definition) is 4. The minimum absolute atomic E-state index is 0.165. The van der Waals surface area contributed by atoms with Gasteiger partial charge in [-0.2, -0.15) is 0 Å². The first-order chi connectivity index (χ1) is 9.33. The third-order valence-electron chi connectivity index (χ3n) is 3.89. The van der Waals surface area contributed by atoms with Crippen LogP contribution in [0.3, 0.4) is 0 Å². The Bertz CT molecular complexity index is 593. The highest BCUT2D eigenvalue weighted by Gasteiger charge is 2.28. The maximum atomic E-state index is 12.6. The summed E-state index contributed by atoms with van der Waals surface area (Å²) in [4.78, 5) is 0.197. The van der Waals surface area contributed by atoms with Crippen LogP contribution in [0.4, 0.5) is 5.69 Å². The largest absolute Gasteiger partial charge is 0.397 e. The lowest BCUT2D eigenvalue weighted by Crippen LogP contribution is -2.38. The first kappa shape index (κ1) is 15.3. The average molecular weight is 298 g/mol. The predicted octanol–water partition coefficient (Wildman–Crippen LogP) is 1.59. The van der Waals surface area contributed by atoms with E-state index in [1.807, 2.05) is 19.9 Å². The molecule has 6 heteroatoms. The van der Waals surface area contributed by atoms with Gasteiger partial charge in [0.05, 0.1) is 12.3 Å². The maximum absolute atomic E-state index is 12.6. The normalized spacial score (nSPS) is 21.1. The molecule has 0 spiro atoms. The summed E-state index contributed by atoms with van der Waals surface area (Å²) < 4.78 is 33.2. The van der Waals surface area contributed by atoms with E-state index in [0.29, 0.717) is 24.5 Å². The van der Waals surface area contributed by atoms with Gasteiger partial charge in [-0.15, -0.1) is 0 Å². The van der Waals surface area contributed by atoms with Crippen LogP contribution in [0.5, 0.6) is 0 Å². The zero-order valence-electron chi connectivity index (χ0n) is 12.1. The first-order valence-corrected chi connectivity index (χ1v) is 8.27. The van der Waals surface area contributed by atoms with Crippen LogP contribution in [-0.4, -0.2) is 27.7 Å². The summed E-state index contributed by atoms with van der Waals surface area (Å²) in [5.41, 5.74) is 7.71. The van der Waals surface area contributed by atoms with Crippen LogP contribution in [0.2, 0.25) is 0 Å². The zero-order valence-corrected chi connectivity index (χ0v) is 13.0. The van der Waals surface area contributed by atoms with E-state index in [4.69, 9.17) is 10.5 Å². The van der Waals surface area contributed by atoms with Crippen LogP contribution in [-0.2, 0) is 14.8 Å². The fourth-order valence-electron chi connectivity index (χ4n) is 2.51. The predicted molar refractivity (Wildman–Crippen MR) is 79.0 cm³/mol. The van der Waals surface area contributed by atoms with Crippen molar-refractivity contribution in [1.82, 2.24) is 4.72 Å². The molecular formula is C14H22N2O3S. The van der Waals surface area contributed by atoms with Crippen LogP contribution < -0.4 is 10.5 Å². The summed E-state index contributed by atoms with van der Waals surface area (Å²) in [6.07, 6.45) is 0.881. The van der Waals surface area contributed by atoms with Crippen molar-refractivity contribution in [3.63, 3.8) is 0 Å². The van der Waals surface area contributed by atoms with Gasteiger partial charge < -0.3 is 10.5 Å².